The molecule has 0 atom stereocenters. The third kappa shape index (κ3) is 2.85. The Hall–Kier alpha value is -2.86. The van der Waals surface area contributed by atoms with E-state index in [0.29, 0.717) is 0 Å². The highest BCUT2D eigenvalue weighted by atomic mass is 14.1. The molecule has 0 saturated carbocycles. The molecule has 4 aromatic rings. The van der Waals surface area contributed by atoms with Gasteiger partial charge in [0.25, 0.3) is 0 Å². The molecule has 4 rings (SSSR count). The van der Waals surface area contributed by atoms with Crippen LogP contribution in [0.15, 0.2) is 78.9 Å². The predicted molar refractivity (Wildman–Crippen MR) is 109 cm³/mol. The number of rotatable bonds is 2. The zero-order chi connectivity index (χ0) is 17.4. The monoisotopic (exact) mass is 322 g/mol. The van der Waals surface area contributed by atoms with E-state index in [1.165, 1.54) is 49.7 Å². The van der Waals surface area contributed by atoms with Gasteiger partial charge in [0.1, 0.15) is 0 Å². The van der Waals surface area contributed by atoms with Crippen molar-refractivity contribution >= 4 is 10.8 Å². The first-order valence-electron chi connectivity index (χ1n) is 8.80. The van der Waals surface area contributed by atoms with Crippen LogP contribution in [0.1, 0.15) is 16.7 Å². The van der Waals surface area contributed by atoms with Gasteiger partial charge in [-0.15, -0.1) is 0 Å². The number of fused-ring (bicyclic) bond motifs is 1. The van der Waals surface area contributed by atoms with E-state index >= 15 is 0 Å². The molecule has 0 radical (unpaired) electrons. The molecule has 0 N–H and O–H groups in total. The van der Waals surface area contributed by atoms with Crippen LogP contribution in [0.4, 0.5) is 0 Å². The summed E-state index contributed by atoms with van der Waals surface area (Å²) in [6.45, 7) is 6.54. The molecular formula is C25H22. The largest absolute Gasteiger partial charge is 0.0616 e. The summed E-state index contributed by atoms with van der Waals surface area (Å²) in [6, 6.07) is 28.7. The zero-order valence-electron chi connectivity index (χ0n) is 15.0. The first kappa shape index (κ1) is 15.7. The first-order valence-corrected chi connectivity index (χ1v) is 8.80. The summed E-state index contributed by atoms with van der Waals surface area (Å²) in [6.07, 6.45) is 0. The van der Waals surface area contributed by atoms with Crippen LogP contribution < -0.4 is 0 Å². The van der Waals surface area contributed by atoms with Crippen molar-refractivity contribution in [2.24, 2.45) is 0 Å². The summed E-state index contributed by atoms with van der Waals surface area (Å²) in [5.74, 6) is 0. The maximum Gasteiger partial charge on any atom is -0.00732 e. The average molecular weight is 322 g/mol. The maximum atomic E-state index is 2.34. The molecule has 4 aromatic carbocycles. The Kier molecular flexibility index (Phi) is 3.89. The fourth-order valence-electron chi connectivity index (χ4n) is 3.55. The average Bonchev–Trinajstić information content (AvgIpc) is 2.63. The van der Waals surface area contributed by atoms with E-state index in [9.17, 15) is 0 Å². The minimum absolute atomic E-state index is 1.27. The van der Waals surface area contributed by atoms with Gasteiger partial charge in [0.2, 0.25) is 0 Å². The highest BCUT2D eigenvalue weighted by molar-refractivity contribution is 5.99. The molecule has 0 unspecified atom stereocenters. The second-order valence-corrected chi connectivity index (χ2v) is 6.87. The molecule has 0 fully saturated rings. The smallest absolute Gasteiger partial charge is 0.00732 e. The summed E-state index contributed by atoms with van der Waals surface area (Å²) in [4.78, 5) is 0. The summed E-state index contributed by atoms with van der Waals surface area (Å²) in [5, 5.41) is 2.62. The van der Waals surface area contributed by atoms with Crippen molar-refractivity contribution in [1.29, 1.82) is 0 Å². The Labute approximate surface area is 149 Å². The standard InChI is InChI=1S/C25H22/c1-17-8-12-20(13-9-17)22-15-10-18(2)24(16-22)25-19(3)11-14-21-6-4-5-7-23(21)25/h4-16H,1-3H3. The molecule has 0 saturated heterocycles. The molecule has 0 bridgehead atoms. The first-order chi connectivity index (χ1) is 12.1. The molecule has 0 spiro atoms. The van der Waals surface area contributed by atoms with Crippen molar-refractivity contribution in [2.75, 3.05) is 0 Å². The Morgan fingerprint density at radius 3 is 2.04 bits per heavy atom. The van der Waals surface area contributed by atoms with Gasteiger partial charge in [-0.05, 0) is 71.0 Å². The van der Waals surface area contributed by atoms with Crippen LogP contribution >= 0.6 is 0 Å². The minimum atomic E-state index is 1.27. The molecule has 0 aliphatic carbocycles. The van der Waals surface area contributed by atoms with E-state index in [1.807, 2.05) is 0 Å². The summed E-state index contributed by atoms with van der Waals surface area (Å²) >= 11 is 0. The maximum absolute atomic E-state index is 2.34. The lowest BCUT2D eigenvalue weighted by Gasteiger charge is -2.15. The van der Waals surface area contributed by atoms with Gasteiger partial charge < -0.3 is 0 Å². The molecule has 0 heterocycles. The summed E-state index contributed by atoms with van der Waals surface area (Å²) in [7, 11) is 0. The lowest BCUT2D eigenvalue weighted by molar-refractivity contribution is 1.42. The van der Waals surface area contributed by atoms with E-state index in [4.69, 9.17) is 0 Å². The second kappa shape index (κ2) is 6.22. The SMILES string of the molecule is Cc1ccc(-c2ccc(C)c(-c3c(C)ccc4ccccc34)c2)cc1. The quantitative estimate of drug-likeness (QED) is 0.369. The van der Waals surface area contributed by atoms with Gasteiger partial charge in [0.05, 0.1) is 0 Å². The minimum Gasteiger partial charge on any atom is -0.0616 e. The third-order valence-corrected chi connectivity index (χ3v) is 5.03. The molecule has 25 heavy (non-hydrogen) atoms. The van der Waals surface area contributed by atoms with Crippen LogP contribution in [0.25, 0.3) is 33.0 Å². The molecular weight excluding hydrogens is 300 g/mol. The van der Waals surface area contributed by atoms with Crippen molar-refractivity contribution < 1.29 is 0 Å². The number of aryl methyl sites for hydroxylation is 3. The van der Waals surface area contributed by atoms with Crippen LogP contribution in [0.2, 0.25) is 0 Å². The van der Waals surface area contributed by atoms with Crippen molar-refractivity contribution in [3.63, 3.8) is 0 Å². The van der Waals surface area contributed by atoms with E-state index in [-0.39, 0.29) is 0 Å². The Morgan fingerprint density at radius 1 is 0.560 bits per heavy atom. The van der Waals surface area contributed by atoms with Gasteiger partial charge in [-0.2, -0.15) is 0 Å². The second-order valence-electron chi connectivity index (χ2n) is 6.87. The fourth-order valence-corrected chi connectivity index (χ4v) is 3.55. The molecule has 0 heteroatoms. The molecule has 0 nitrogen and oxygen atoms in total. The zero-order valence-corrected chi connectivity index (χ0v) is 15.0. The molecule has 0 aliphatic heterocycles. The van der Waals surface area contributed by atoms with Crippen LogP contribution in [0.3, 0.4) is 0 Å². The van der Waals surface area contributed by atoms with Crippen LogP contribution in [0.5, 0.6) is 0 Å². The number of hydrogen-bond donors (Lipinski definition) is 0. The van der Waals surface area contributed by atoms with Gasteiger partial charge in [-0.3, -0.25) is 0 Å². The lowest BCUT2D eigenvalue weighted by atomic mass is 9.89. The topological polar surface area (TPSA) is 0 Å². The molecule has 122 valence electrons. The molecule has 0 aromatic heterocycles. The highest BCUT2D eigenvalue weighted by Gasteiger charge is 2.11. The van der Waals surface area contributed by atoms with Crippen molar-refractivity contribution in [3.05, 3.63) is 95.6 Å². The normalized spacial score (nSPS) is 11.0. The lowest BCUT2D eigenvalue weighted by Crippen LogP contribution is -1.91. The van der Waals surface area contributed by atoms with E-state index in [2.05, 4.69) is 99.6 Å². The van der Waals surface area contributed by atoms with Gasteiger partial charge in [0.15, 0.2) is 0 Å². The number of hydrogen-bond acceptors (Lipinski definition) is 0. The summed E-state index contributed by atoms with van der Waals surface area (Å²) < 4.78 is 0. The van der Waals surface area contributed by atoms with Crippen LogP contribution in [-0.4, -0.2) is 0 Å². The Bertz CT molecular complexity index is 1050. The number of benzene rings is 4. The fraction of sp³-hybridized carbons (Fsp3) is 0.120. The summed E-state index contributed by atoms with van der Waals surface area (Å²) in [5.41, 5.74) is 9.15. The van der Waals surface area contributed by atoms with Crippen molar-refractivity contribution in [2.45, 2.75) is 20.8 Å². The Morgan fingerprint density at radius 2 is 1.24 bits per heavy atom. The highest BCUT2D eigenvalue weighted by Crippen LogP contribution is 2.36. The van der Waals surface area contributed by atoms with Gasteiger partial charge >= 0.3 is 0 Å². The van der Waals surface area contributed by atoms with E-state index in [1.54, 1.807) is 0 Å². The predicted octanol–water partition coefficient (Wildman–Crippen LogP) is 7.10. The van der Waals surface area contributed by atoms with Crippen LogP contribution in [-0.2, 0) is 0 Å². The molecule has 0 amide bonds. The van der Waals surface area contributed by atoms with Crippen molar-refractivity contribution in [1.82, 2.24) is 0 Å². The van der Waals surface area contributed by atoms with Crippen LogP contribution in [0, 0.1) is 20.8 Å². The third-order valence-electron chi connectivity index (χ3n) is 5.03. The van der Waals surface area contributed by atoms with Gasteiger partial charge in [-0.1, -0.05) is 78.4 Å². The van der Waals surface area contributed by atoms with E-state index in [0.717, 1.165) is 0 Å². The van der Waals surface area contributed by atoms with Gasteiger partial charge in [0, 0.05) is 0 Å². The Balaban J connectivity index is 1.96. The van der Waals surface area contributed by atoms with Gasteiger partial charge in [-0.25, -0.2) is 0 Å². The van der Waals surface area contributed by atoms with E-state index < -0.39 is 0 Å². The molecule has 0 aliphatic rings. The van der Waals surface area contributed by atoms with Crippen molar-refractivity contribution in [3.8, 4) is 22.3 Å².